The average molecular weight is 274 g/mol. The summed E-state index contributed by atoms with van der Waals surface area (Å²) in [6.45, 7) is 0.648. The Labute approximate surface area is 117 Å². The van der Waals surface area contributed by atoms with Gasteiger partial charge in [-0.2, -0.15) is 0 Å². The van der Waals surface area contributed by atoms with E-state index < -0.39 is 12.0 Å². The van der Waals surface area contributed by atoms with E-state index in [1.54, 1.807) is 0 Å². The maximum Gasteiger partial charge on any atom is 0.326 e. The highest BCUT2D eigenvalue weighted by Gasteiger charge is 2.38. The normalized spacial score (nSPS) is 22.7. The molecule has 3 N–H and O–H groups in total. The van der Waals surface area contributed by atoms with E-state index in [0.29, 0.717) is 13.0 Å². The van der Waals surface area contributed by atoms with E-state index in [4.69, 9.17) is 5.11 Å². The van der Waals surface area contributed by atoms with Crippen molar-refractivity contribution in [2.45, 2.75) is 37.9 Å². The van der Waals surface area contributed by atoms with Crippen LogP contribution >= 0.6 is 0 Å². The quantitative estimate of drug-likeness (QED) is 0.754. The van der Waals surface area contributed by atoms with Crippen LogP contribution in [-0.2, 0) is 22.6 Å². The molecular weight excluding hydrogens is 256 g/mol. The standard InChI is InChI=1S/C15H18N2O3/c18-14(17-13(15(19)20)9-5-6-9)12-7-10-3-1-2-4-11(10)8-16-12/h1-4,9,12-13,16H,5-8H2,(H,17,18)(H,19,20). The van der Waals surface area contributed by atoms with E-state index in [1.165, 1.54) is 5.56 Å². The number of benzene rings is 1. The Balaban J connectivity index is 1.65. The van der Waals surface area contributed by atoms with Crippen molar-refractivity contribution in [3.8, 4) is 0 Å². The molecule has 1 saturated carbocycles. The first-order chi connectivity index (χ1) is 9.65. The fourth-order valence-electron chi connectivity index (χ4n) is 2.70. The first kappa shape index (κ1) is 13.1. The summed E-state index contributed by atoms with van der Waals surface area (Å²) in [7, 11) is 0. The van der Waals surface area contributed by atoms with Gasteiger partial charge in [-0.05, 0) is 36.3 Å². The number of carboxylic acids is 1. The summed E-state index contributed by atoms with van der Waals surface area (Å²) in [6, 6.07) is 6.93. The van der Waals surface area contributed by atoms with Gasteiger partial charge in [0, 0.05) is 6.54 Å². The number of aliphatic carboxylic acids is 1. The van der Waals surface area contributed by atoms with Crippen LogP contribution in [0.15, 0.2) is 24.3 Å². The van der Waals surface area contributed by atoms with Crippen LogP contribution in [0, 0.1) is 5.92 Å². The van der Waals surface area contributed by atoms with Crippen molar-refractivity contribution in [2.75, 3.05) is 0 Å². The molecule has 5 heteroatoms. The average Bonchev–Trinajstić information content (AvgIpc) is 3.28. The summed E-state index contributed by atoms with van der Waals surface area (Å²) in [5.74, 6) is -1.04. The summed E-state index contributed by atoms with van der Waals surface area (Å²) in [5, 5.41) is 15.0. The predicted molar refractivity (Wildman–Crippen MR) is 73.1 cm³/mol. The molecule has 1 amide bonds. The summed E-state index contributed by atoms with van der Waals surface area (Å²) < 4.78 is 0. The van der Waals surface area contributed by atoms with Gasteiger partial charge in [0.2, 0.25) is 5.91 Å². The summed E-state index contributed by atoms with van der Waals surface area (Å²) in [4.78, 5) is 23.4. The molecule has 5 nitrogen and oxygen atoms in total. The fourth-order valence-corrected chi connectivity index (χ4v) is 2.70. The molecule has 1 aliphatic carbocycles. The number of hydrogen-bond acceptors (Lipinski definition) is 3. The lowest BCUT2D eigenvalue weighted by atomic mass is 9.95. The van der Waals surface area contributed by atoms with Crippen molar-refractivity contribution < 1.29 is 14.7 Å². The number of amides is 1. The lowest BCUT2D eigenvalue weighted by Crippen LogP contribution is -2.52. The zero-order valence-corrected chi connectivity index (χ0v) is 11.1. The van der Waals surface area contributed by atoms with Crippen LogP contribution in [0.4, 0.5) is 0 Å². The van der Waals surface area contributed by atoms with Crippen LogP contribution in [0.25, 0.3) is 0 Å². The van der Waals surface area contributed by atoms with Gasteiger partial charge in [-0.3, -0.25) is 4.79 Å². The molecular formula is C15H18N2O3. The van der Waals surface area contributed by atoms with Crippen molar-refractivity contribution >= 4 is 11.9 Å². The number of carbonyl (C=O) groups excluding carboxylic acids is 1. The largest absolute Gasteiger partial charge is 0.480 e. The first-order valence-electron chi connectivity index (χ1n) is 6.98. The van der Waals surface area contributed by atoms with Gasteiger partial charge < -0.3 is 15.7 Å². The Bertz CT molecular complexity index is 540. The highest BCUT2D eigenvalue weighted by molar-refractivity contribution is 5.87. The number of hydrogen-bond donors (Lipinski definition) is 3. The fraction of sp³-hybridized carbons (Fsp3) is 0.467. The van der Waals surface area contributed by atoms with E-state index in [-0.39, 0.29) is 17.9 Å². The summed E-state index contributed by atoms with van der Waals surface area (Å²) in [5.41, 5.74) is 2.36. The zero-order valence-electron chi connectivity index (χ0n) is 11.1. The van der Waals surface area contributed by atoms with Gasteiger partial charge in [0.25, 0.3) is 0 Å². The highest BCUT2D eigenvalue weighted by Crippen LogP contribution is 2.32. The molecule has 1 aromatic rings. The smallest absolute Gasteiger partial charge is 0.326 e. The molecule has 0 saturated heterocycles. The van der Waals surface area contributed by atoms with Gasteiger partial charge in [-0.25, -0.2) is 4.79 Å². The third-order valence-electron chi connectivity index (χ3n) is 4.06. The SMILES string of the molecule is O=C(NC(C(=O)O)C1CC1)C1Cc2ccccc2CN1. The third kappa shape index (κ3) is 2.67. The Kier molecular flexibility index (Phi) is 3.44. The molecule has 3 rings (SSSR count). The number of rotatable bonds is 4. The molecule has 1 aromatic carbocycles. The lowest BCUT2D eigenvalue weighted by Gasteiger charge is -2.26. The minimum atomic E-state index is -0.933. The number of nitrogens with one attached hydrogen (secondary N) is 2. The molecule has 2 aliphatic rings. The van der Waals surface area contributed by atoms with Crippen LogP contribution in [0.2, 0.25) is 0 Å². The minimum absolute atomic E-state index is 0.104. The second-order valence-electron chi connectivity index (χ2n) is 5.57. The molecule has 1 fully saturated rings. The Hall–Kier alpha value is -1.88. The van der Waals surface area contributed by atoms with Crippen LogP contribution in [0.1, 0.15) is 24.0 Å². The Morgan fingerprint density at radius 1 is 1.25 bits per heavy atom. The van der Waals surface area contributed by atoms with Crippen LogP contribution in [0.3, 0.4) is 0 Å². The molecule has 106 valence electrons. The van der Waals surface area contributed by atoms with E-state index in [1.807, 2.05) is 24.3 Å². The van der Waals surface area contributed by atoms with Crippen molar-refractivity contribution in [1.82, 2.24) is 10.6 Å². The molecule has 20 heavy (non-hydrogen) atoms. The second kappa shape index (κ2) is 5.25. The van der Waals surface area contributed by atoms with Crippen LogP contribution < -0.4 is 10.6 Å². The molecule has 0 spiro atoms. The van der Waals surface area contributed by atoms with E-state index in [0.717, 1.165) is 18.4 Å². The first-order valence-corrected chi connectivity index (χ1v) is 6.98. The minimum Gasteiger partial charge on any atom is -0.480 e. The van der Waals surface area contributed by atoms with E-state index in [2.05, 4.69) is 10.6 Å². The van der Waals surface area contributed by atoms with E-state index >= 15 is 0 Å². The summed E-state index contributed by atoms with van der Waals surface area (Å²) in [6.07, 6.45) is 2.38. The molecule has 1 heterocycles. The van der Waals surface area contributed by atoms with Crippen molar-refractivity contribution in [3.63, 3.8) is 0 Å². The molecule has 2 atom stereocenters. The molecule has 0 aromatic heterocycles. The van der Waals surface area contributed by atoms with Crippen LogP contribution in [0.5, 0.6) is 0 Å². The van der Waals surface area contributed by atoms with Gasteiger partial charge in [0.15, 0.2) is 0 Å². The topological polar surface area (TPSA) is 78.4 Å². The molecule has 1 aliphatic heterocycles. The maximum absolute atomic E-state index is 12.2. The van der Waals surface area contributed by atoms with E-state index in [9.17, 15) is 9.59 Å². The Morgan fingerprint density at radius 3 is 2.60 bits per heavy atom. The Morgan fingerprint density at radius 2 is 1.95 bits per heavy atom. The molecule has 2 unspecified atom stereocenters. The number of carbonyl (C=O) groups is 2. The van der Waals surface area contributed by atoms with Crippen molar-refractivity contribution in [1.29, 1.82) is 0 Å². The van der Waals surface area contributed by atoms with Gasteiger partial charge in [0.05, 0.1) is 6.04 Å². The number of fused-ring (bicyclic) bond motifs is 1. The van der Waals surface area contributed by atoms with Crippen molar-refractivity contribution in [2.24, 2.45) is 5.92 Å². The highest BCUT2D eigenvalue weighted by atomic mass is 16.4. The van der Waals surface area contributed by atoms with Crippen molar-refractivity contribution in [3.05, 3.63) is 35.4 Å². The third-order valence-corrected chi connectivity index (χ3v) is 4.06. The lowest BCUT2D eigenvalue weighted by molar-refractivity contribution is -0.142. The number of carboxylic acid groups (broad SMARTS) is 1. The maximum atomic E-state index is 12.2. The van der Waals surface area contributed by atoms with Crippen LogP contribution in [-0.4, -0.2) is 29.1 Å². The van der Waals surface area contributed by atoms with Gasteiger partial charge in [-0.1, -0.05) is 24.3 Å². The molecule has 0 radical (unpaired) electrons. The van der Waals surface area contributed by atoms with Gasteiger partial charge >= 0.3 is 5.97 Å². The second-order valence-corrected chi connectivity index (χ2v) is 5.57. The summed E-state index contributed by atoms with van der Waals surface area (Å²) >= 11 is 0. The van der Waals surface area contributed by atoms with Gasteiger partial charge in [-0.15, -0.1) is 0 Å². The monoisotopic (exact) mass is 274 g/mol. The molecule has 0 bridgehead atoms. The zero-order chi connectivity index (χ0) is 14.1. The van der Waals surface area contributed by atoms with Gasteiger partial charge in [0.1, 0.15) is 6.04 Å². The predicted octanol–water partition coefficient (Wildman–Crippen LogP) is 0.680.